The van der Waals surface area contributed by atoms with Crippen molar-refractivity contribution in [3.8, 4) is 28.7 Å². The molecule has 2 unspecified atom stereocenters. The van der Waals surface area contributed by atoms with Crippen molar-refractivity contribution in [3.63, 3.8) is 0 Å². The summed E-state index contributed by atoms with van der Waals surface area (Å²) in [6.45, 7) is -0.370. The maximum atomic E-state index is 13.2. The van der Waals surface area contributed by atoms with Gasteiger partial charge in [0.2, 0.25) is 5.78 Å². The third-order valence-electron chi connectivity index (χ3n) is 5.16. The Bertz CT molecular complexity index is 1010. The summed E-state index contributed by atoms with van der Waals surface area (Å²) in [6, 6.07) is 5.71. The van der Waals surface area contributed by atoms with Crippen LogP contribution in [0.5, 0.6) is 28.7 Å². The number of carbonyl (C=O) groups is 1. The topological polar surface area (TPSA) is 186 Å². The van der Waals surface area contributed by atoms with E-state index in [1.165, 1.54) is 6.07 Å². The van der Waals surface area contributed by atoms with Gasteiger partial charge in [0.1, 0.15) is 41.1 Å². The highest BCUT2D eigenvalue weighted by molar-refractivity contribution is 6.05. The fourth-order valence-corrected chi connectivity index (χ4v) is 3.54. The van der Waals surface area contributed by atoms with Crippen LogP contribution in [0, 0.1) is 0 Å². The smallest absolute Gasteiger partial charge is 0.203 e. The normalized spacial score (nSPS) is 30.5. The van der Waals surface area contributed by atoms with Gasteiger partial charge in [-0.2, -0.15) is 0 Å². The first kappa shape index (κ1) is 21.2. The van der Waals surface area contributed by atoms with Crippen LogP contribution in [0.3, 0.4) is 0 Å². The number of hydrogen-bond acceptors (Lipinski definition) is 11. The summed E-state index contributed by atoms with van der Waals surface area (Å²) in [4.78, 5) is 13.2. The van der Waals surface area contributed by atoms with Crippen LogP contribution in [-0.4, -0.2) is 78.8 Å². The van der Waals surface area contributed by atoms with E-state index in [0.717, 1.165) is 24.3 Å². The van der Waals surface area contributed by atoms with Crippen LogP contribution in [0.25, 0.3) is 0 Å². The highest BCUT2D eigenvalue weighted by Gasteiger charge is 2.46. The molecule has 0 radical (unpaired) electrons. The molecule has 11 heteroatoms. The Kier molecular flexibility index (Phi) is 5.37. The Morgan fingerprint density at radius 1 is 0.903 bits per heavy atom. The van der Waals surface area contributed by atoms with E-state index in [9.17, 15) is 40.5 Å². The molecular formula is C20H20O11. The molecule has 0 bridgehead atoms. The van der Waals surface area contributed by atoms with E-state index >= 15 is 0 Å². The second kappa shape index (κ2) is 7.87. The molecule has 6 atom stereocenters. The monoisotopic (exact) mass is 436 g/mol. The van der Waals surface area contributed by atoms with Crippen LogP contribution in [0.2, 0.25) is 0 Å². The quantitative estimate of drug-likeness (QED) is 0.312. The van der Waals surface area contributed by atoms with Crippen molar-refractivity contribution >= 4 is 5.78 Å². The summed E-state index contributed by atoms with van der Waals surface area (Å²) in [6.07, 6.45) is -8.95. The van der Waals surface area contributed by atoms with E-state index in [0.29, 0.717) is 0 Å². The van der Waals surface area contributed by atoms with Crippen LogP contribution < -0.4 is 4.74 Å². The second-order valence-electron chi connectivity index (χ2n) is 7.30. The van der Waals surface area contributed by atoms with Crippen molar-refractivity contribution in [1.82, 2.24) is 0 Å². The van der Waals surface area contributed by atoms with Crippen LogP contribution in [0.4, 0.5) is 0 Å². The summed E-state index contributed by atoms with van der Waals surface area (Å²) in [7, 11) is 0. The molecule has 0 aliphatic carbocycles. The van der Waals surface area contributed by atoms with Gasteiger partial charge < -0.3 is 50.0 Å². The van der Waals surface area contributed by atoms with E-state index in [2.05, 4.69) is 0 Å². The maximum Gasteiger partial charge on any atom is 0.203 e. The van der Waals surface area contributed by atoms with Gasteiger partial charge in [-0.05, 0) is 17.7 Å². The summed E-state index contributed by atoms with van der Waals surface area (Å²) < 4.78 is 16.6. The molecule has 2 aromatic rings. The number of aliphatic hydroxyl groups excluding tert-OH is 3. The maximum absolute atomic E-state index is 13.2. The van der Waals surface area contributed by atoms with E-state index < -0.39 is 59.8 Å². The third-order valence-corrected chi connectivity index (χ3v) is 5.16. The first-order valence-electron chi connectivity index (χ1n) is 9.27. The number of phenolic OH excluding ortho intramolecular Hbond substituents is 4. The van der Waals surface area contributed by atoms with Gasteiger partial charge in [0.05, 0.1) is 6.61 Å². The molecule has 7 N–H and O–H groups in total. The lowest BCUT2D eigenvalue weighted by Gasteiger charge is -2.39. The van der Waals surface area contributed by atoms with Gasteiger partial charge >= 0.3 is 0 Å². The largest absolute Gasteiger partial charge is 0.508 e. The van der Waals surface area contributed by atoms with Crippen LogP contribution in [0.15, 0.2) is 30.3 Å². The summed E-state index contributed by atoms with van der Waals surface area (Å²) in [5.41, 5.74) is -0.0963. The minimum absolute atomic E-state index is 0.152. The van der Waals surface area contributed by atoms with Crippen molar-refractivity contribution in [2.45, 2.75) is 36.8 Å². The van der Waals surface area contributed by atoms with Gasteiger partial charge in [0, 0.05) is 12.1 Å². The van der Waals surface area contributed by atoms with E-state index in [4.69, 9.17) is 14.2 Å². The first-order chi connectivity index (χ1) is 14.7. The Balaban J connectivity index is 1.74. The van der Waals surface area contributed by atoms with Crippen LogP contribution in [-0.2, 0) is 9.47 Å². The molecule has 2 aliphatic heterocycles. The molecule has 1 saturated heterocycles. The SMILES string of the molecule is O=C1c2c(O)cc(O)cc2OC(c2ccc(O)c(O)c2)C1O[C@@H]1OC[C@@H](O)[C@H](O)[C@H]1O. The zero-order valence-corrected chi connectivity index (χ0v) is 15.8. The molecule has 11 nitrogen and oxygen atoms in total. The highest BCUT2D eigenvalue weighted by Crippen LogP contribution is 2.44. The lowest BCUT2D eigenvalue weighted by molar-refractivity contribution is -0.283. The molecule has 2 aliphatic rings. The fraction of sp³-hybridized carbons (Fsp3) is 0.350. The van der Waals surface area contributed by atoms with Gasteiger partial charge in [-0.15, -0.1) is 0 Å². The molecule has 4 rings (SSSR count). The number of benzene rings is 2. The summed E-state index contributed by atoms with van der Waals surface area (Å²) in [5, 5.41) is 69.0. The lowest BCUT2D eigenvalue weighted by atomic mass is 9.92. The van der Waals surface area contributed by atoms with Gasteiger partial charge in [-0.1, -0.05) is 6.07 Å². The number of ether oxygens (including phenoxy) is 3. The standard InChI is InChI=1S/C20H20O11/c21-8-4-11(24)14-13(5-8)30-18(7-1-2-9(22)10(23)3-7)19(16(14)27)31-20-17(28)15(26)12(25)6-29-20/h1-5,12,15,17-26,28H,6H2/t12-,15+,17-,18?,19?,20+/m1/s1. The van der Waals surface area contributed by atoms with Crippen molar-refractivity contribution in [2.24, 2.45) is 0 Å². The Hall–Kier alpha value is -3.09. The number of aromatic hydroxyl groups is 4. The number of ketones is 1. The number of aliphatic hydroxyl groups is 3. The van der Waals surface area contributed by atoms with E-state index in [-0.39, 0.29) is 29.2 Å². The van der Waals surface area contributed by atoms with E-state index in [1.54, 1.807) is 0 Å². The molecule has 0 spiro atoms. The predicted molar refractivity (Wildman–Crippen MR) is 99.9 cm³/mol. The molecular weight excluding hydrogens is 416 g/mol. The van der Waals surface area contributed by atoms with Crippen molar-refractivity contribution in [1.29, 1.82) is 0 Å². The molecule has 2 heterocycles. The fourth-order valence-electron chi connectivity index (χ4n) is 3.54. The minimum atomic E-state index is -1.69. The Morgan fingerprint density at radius 3 is 2.35 bits per heavy atom. The second-order valence-corrected chi connectivity index (χ2v) is 7.30. The summed E-state index contributed by atoms with van der Waals surface area (Å²) >= 11 is 0. The number of phenols is 4. The lowest BCUT2D eigenvalue weighted by Crippen LogP contribution is -2.56. The van der Waals surface area contributed by atoms with Crippen molar-refractivity contribution in [2.75, 3.05) is 6.61 Å². The van der Waals surface area contributed by atoms with Gasteiger partial charge in [0.25, 0.3) is 0 Å². The molecule has 1 fully saturated rings. The van der Waals surface area contributed by atoms with Gasteiger partial charge in [0.15, 0.2) is 30.0 Å². The zero-order valence-electron chi connectivity index (χ0n) is 15.8. The third kappa shape index (κ3) is 3.73. The number of Topliss-reactive ketones (excluding diaryl/α,β-unsaturated/α-hetero) is 1. The van der Waals surface area contributed by atoms with Crippen molar-refractivity contribution in [3.05, 3.63) is 41.5 Å². The average Bonchev–Trinajstić information content (AvgIpc) is 2.71. The molecule has 0 saturated carbocycles. The van der Waals surface area contributed by atoms with E-state index in [1.807, 2.05) is 0 Å². The molecule has 0 aromatic heterocycles. The highest BCUT2D eigenvalue weighted by atomic mass is 16.7. The number of rotatable bonds is 3. The molecule has 2 aromatic carbocycles. The molecule has 31 heavy (non-hydrogen) atoms. The Morgan fingerprint density at radius 2 is 1.65 bits per heavy atom. The zero-order chi connectivity index (χ0) is 22.4. The van der Waals surface area contributed by atoms with Crippen molar-refractivity contribution < 1.29 is 54.8 Å². The number of carbonyl (C=O) groups excluding carboxylic acids is 1. The first-order valence-corrected chi connectivity index (χ1v) is 9.27. The molecule has 0 amide bonds. The summed E-state index contributed by atoms with van der Waals surface area (Å²) in [5.74, 6) is -2.78. The number of fused-ring (bicyclic) bond motifs is 1. The number of hydrogen-bond donors (Lipinski definition) is 7. The minimum Gasteiger partial charge on any atom is -0.508 e. The average molecular weight is 436 g/mol. The van der Waals surface area contributed by atoms with Crippen LogP contribution in [0.1, 0.15) is 22.0 Å². The predicted octanol–water partition coefficient (Wildman–Crippen LogP) is -0.350. The van der Waals surface area contributed by atoms with Crippen LogP contribution >= 0.6 is 0 Å². The van der Waals surface area contributed by atoms with Gasteiger partial charge in [-0.3, -0.25) is 4.79 Å². The molecule has 166 valence electrons. The van der Waals surface area contributed by atoms with Gasteiger partial charge in [-0.25, -0.2) is 0 Å². The Labute approximate surface area is 174 Å².